The van der Waals surface area contributed by atoms with E-state index >= 15 is 0 Å². The molecule has 104 valence electrons. The maximum absolute atomic E-state index is 13.3. The van der Waals surface area contributed by atoms with Crippen LogP contribution >= 0.6 is 11.6 Å². The maximum Gasteiger partial charge on any atom is 0.340 e. The van der Waals surface area contributed by atoms with Crippen LogP contribution in [0, 0.1) is 11.6 Å². The van der Waals surface area contributed by atoms with Crippen LogP contribution in [0.2, 0.25) is 5.02 Å². The van der Waals surface area contributed by atoms with Gasteiger partial charge in [-0.25, -0.2) is 13.6 Å². The van der Waals surface area contributed by atoms with E-state index in [0.717, 1.165) is 18.2 Å². The largest absolute Gasteiger partial charge is 0.478 e. The van der Waals surface area contributed by atoms with E-state index < -0.39 is 28.9 Å². The average Bonchev–Trinajstić information content (AvgIpc) is 2.36. The number of rotatable bonds is 3. The van der Waals surface area contributed by atoms with Crippen molar-refractivity contribution in [3.05, 3.63) is 52.6 Å². The molecule has 2 aromatic rings. The van der Waals surface area contributed by atoms with Crippen molar-refractivity contribution >= 4 is 34.6 Å². The van der Waals surface area contributed by atoms with E-state index in [4.69, 9.17) is 22.4 Å². The van der Waals surface area contributed by atoms with E-state index in [1.807, 2.05) is 0 Å². The van der Waals surface area contributed by atoms with Crippen LogP contribution in [-0.2, 0) is 0 Å². The normalized spacial score (nSPS) is 10.3. The Bertz CT molecular complexity index is 692. The number of halogens is 3. The maximum atomic E-state index is 13.3. The SMILES string of the molecule is Nc1c(F)ccc(Nc2ccc(F)cc2Cl)c1C(=O)O. The van der Waals surface area contributed by atoms with Gasteiger partial charge in [-0.3, -0.25) is 0 Å². The minimum atomic E-state index is -1.39. The summed E-state index contributed by atoms with van der Waals surface area (Å²) in [6.07, 6.45) is 0. The molecular weight excluding hydrogens is 290 g/mol. The van der Waals surface area contributed by atoms with E-state index in [9.17, 15) is 13.6 Å². The molecule has 2 aromatic carbocycles. The second kappa shape index (κ2) is 5.34. The molecule has 20 heavy (non-hydrogen) atoms. The van der Waals surface area contributed by atoms with Crippen molar-refractivity contribution in [2.24, 2.45) is 0 Å². The molecule has 0 saturated heterocycles. The predicted molar refractivity (Wildman–Crippen MR) is 72.5 cm³/mol. The zero-order valence-electron chi connectivity index (χ0n) is 9.95. The number of hydrogen-bond acceptors (Lipinski definition) is 3. The summed E-state index contributed by atoms with van der Waals surface area (Å²) < 4.78 is 26.2. The average molecular weight is 299 g/mol. The molecule has 0 amide bonds. The lowest BCUT2D eigenvalue weighted by Crippen LogP contribution is -2.08. The highest BCUT2D eigenvalue weighted by atomic mass is 35.5. The van der Waals surface area contributed by atoms with Crippen molar-refractivity contribution in [2.45, 2.75) is 0 Å². The summed E-state index contributed by atoms with van der Waals surface area (Å²) in [6.45, 7) is 0. The first kappa shape index (κ1) is 14.1. The van der Waals surface area contributed by atoms with Gasteiger partial charge in [-0.1, -0.05) is 11.6 Å². The molecule has 0 bridgehead atoms. The molecule has 0 aliphatic carbocycles. The summed E-state index contributed by atoms with van der Waals surface area (Å²) in [5.74, 6) is -2.75. The molecular formula is C13H9ClF2N2O2. The number of carboxylic acids is 1. The molecule has 0 aliphatic rings. The van der Waals surface area contributed by atoms with Crippen molar-refractivity contribution in [1.82, 2.24) is 0 Å². The zero-order valence-corrected chi connectivity index (χ0v) is 10.7. The molecule has 0 atom stereocenters. The van der Waals surface area contributed by atoms with Gasteiger partial charge in [0.25, 0.3) is 0 Å². The van der Waals surface area contributed by atoms with Crippen molar-refractivity contribution in [3.8, 4) is 0 Å². The third-order valence-corrected chi connectivity index (χ3v) is 2.92. The molecule has 0 unspecified atom stereocenters. The highest BCUT2D eigenvalue weighted by molar-refractivity contribution is 6.33. The van der Waals surface area contributed by atoms with Crippen LogP contribution in [0.1, 0.15) is 10.4 Å². The Kier molecular flexibility index (Phi) is 3.76. The Morgan fingerprint density at radius 3 is 2.45 bits per heavy atom. The van der Waals surface area contributed by atoms with Crippen LogP contribution in [0.4, 0.5) is 25.8 Å². The number of carbonyl (C=O) groups is 1. The summed E-state index contributed by atoms with van der Waals surface area (Å²) >= 11 is 5.83. The quantitative estimate of drug-likeness (QED) is 0.756. The number of aromatic carboxylic acids is 1. The van der Waals surface area contributed by atoms with Crippen LogP contribution in [0.25, 0.3) is 0 Å². The van der Waals surface area contributed by atoms with Crippen molar-refractivity contribution in [3.63, 3.8) is 0 Å². The Morgan fingerprint density at radius 2 is 1.85 bits per heavy atom. The van der Waals surface area contributed by atoms with Crippen molar-refractivity contribution in [1.29, 1.82) is 0 Å². The van der Waals surface area contributed by atoms with E-state index in [1.165, 1.54) is 12.1 Å². The lowest BCUT2D eigenvalue weighted by Gasteiger charge is -2.13. The van der Waals surface area contributed by atoms with Crippen molar-refractivity contribution in [2.75, 3.05) is 11.1 Å². The lowest BCUT2D eigenvalue weighted by molar-refractivity contribution is 0.0698. The first-order valence-electron chi connectivity index (χ1n) is 5.43. The molecule has 0 heterocycles. The molecule has 0 saturated carbocycles. The second-order valence-corrected chi connectivity index (χ2v) is 4.35. The zero-order chi connectivity index (χ0) is 14.9. The van der Waals surface area contributed by atoms with Gasteiger partial charge in [0.15, 0.2) is 0 Å². The van der Waals surface area contributed by atoms with Crippen LogP contribution in [0.15, 0.2) is 30.3 Å². The molecule has 4 nitrogen and oxygen atoms in total. The first-order valence-corrected chi connectivity index (χ1v) is 5.81. The molecule has 0 fully saturated rings. The Labute approximate surface area is 117 Å². The third kappa shape index (κ3) is 2.65. The summed E-state index contributed by atoms with van der Waals surface area (Å²) in [7, 11) is 0. The topological polar surface area (TPSA) is 75.3 Å². The molecule has 0 spiro atoms. The Balaban J connectivity index is 2.48. The van der Waals surface area contributed by atoms with E-state index in [0.29, 0.717) is 0 Å². The number of hydrogen-bond donors (Lipinski definition) is 3. The van der Waals surface area contributed by atoms with E-state index in [1.54, 1.807) is 0 Å². The summed E-state index contributed by atoms with van der Waals surface area (Å²) in [6, 6.07) is 5.80. The van der Waals surface area contributed by atoms with Gasteiger partial charge in [-0.15, -0.1) is 0 Å². The number of benzene rings is 2. The fraction of sp³-hybridized carbons (Fsp3) is 0. The number of anilines is 3. The van der Waals surface area contributed by atoms with Crippen LogP contribution in [0.5, 0.6) is 0 Å². The monoisotopic (exact) mass is 298 g/mol. The number of nitrogens with two attached hydrogens (primary N) is 1. The van der Waals surface area contributed by atoms with E-state index in [2.05, 4.69) is 5.32 Å². The molecule has 4 N–H and O–H groups in total. The predicted octanol–water partition coefficient (Wildman–Crippen LogP) is 3.64. The van der Waals surface area contributed by atoms with Crippen LogP contribution in [0.3, 0.4) is 0 Å². The molecule has 7 heteroatoms. The Morgan fingerprint density at radius 1 is 1.20 bits per heavy atom. The third-order valence-electron chi connectivity index (χ3n) is 2.61. The second-order valence-electron chi connectivity index (χ2n) is 3.94. The van der Waals surface area contributed by atoms with Gasteiger partial charge in [0.1, 0.15) is 17.2 Å². The van der Waals surface area contributed by atoms with Gasteiger partial charge in [0.2, 0.25) is 0 Å². The number of carboxylic acid groups (broad SMARTS) is 1. The van der Waals surface area contributed by atoms with Gasteiger partial charge in [0, 0.05) is 0 Å². The fourth-order valence-electron chi connectivity index (χ4n) is 1.66. The standard InChI is InChI=1S/C13H9ClF2N2O2/c14-7-5-6(15)1-3-9(7)18-10-4-2-8(16)12(17)11(10)13(19)20/h1-5,18H,17H2,(H,19,20). The van der Waals surface area contributed by atoms with Crippen LogP contribution in [-0.4, -0.2) is 11.1 Å². The summed E-state index contributed by atoms with van der Waals surface area (Å²) in [5, 5.41) is 11.8. The van der Waals surface area contributed by atoms with E-state index in [-0.39, 0.29) is 16.4 Å². The molecule has 2 rings (SSSR count). The van der Waals surface area contributed by atoms with Gasteiger partial charge in [-0.05, 0) is 30.3 Å². The number of nitrogen functional groups attached to an aromatic ring is 1. The smallest absolute Gasteiger partial charge is 0.340 e. The lowest BCUT2D eigenvalue weighted by atomic mass is 10.1. The van der Waals surface area contributed by atoms with Gasteiger partial charge in [0.05, 0.1) is 22.1 Å². The highest BCUT2D eigenvalue weighted by Crippen LogP contribution is 2.31. The highest BCUT2D eigenvalue weighted by Gasteiger charge is 2.18. The van der Waals surface area contributed by atoms with Gasteiger partial charge >= 0.3 is 5.97 Å². The molecule has 0 aliphatic heterocycles. The summed E-state index contributed by atoms with van der Waals surface area (Å²) in [5.41, 5.74) is 4.85. The summed E-state index contributed by atoms with van der Waals surface area (Å²) in [4.78, 5) is 11.1. The first-order chi connectivity index (χ1) is 9.40. The van der Waals surface area contributed by atoms with Gasteiger partial charge in [-0.2, -0.15) is 0 Å². The molecule has 0 radical (unpaired) electrons. The number of nitrogens with one attached hydrogen (secondary N) is 1. The van der Waals surface area contributed by atoms with Crippen LogP contribution < -0.4 is 11.1 Å². The minimum Gasteiger partial charge on any atom is -0.478 e. The Hall–Kier alpha value is -2.34. The molecule has 0 aromatic heterocycles. The minimum absolute atomic E-state index is 0.0595. The fourth-order valence-corrected chi connectivity index (χ4v) is 1.88. The van der Waals surface area contributed by atoms with Gasteiger partial charge < -0.3 is 16.2 Å². The van der Waals surface area contributed by atoms with Crippen molar-refractivity contribution < 1.29 is 18.7 Å².